The smallest absolute Gasteiger partial charge is 0.335 e. The first-order valence-corrected chi connectivity index (χ1v) is 14.3. The molecule has 0 saturated carbocycles. The summed E-state index contributed by atoms with van der Waals surface area (Å²) in [5.74, 6) is -0.394. The minimum absolute atomic E-state index is 0.108. The fourth-order valence-electron chi connectivity index (χ4n) is 4.66. The Morgan fingerprint density at radius 3 is 2.38 bits per heavy atom. The van der Waals surface area contributed by atoms with Crippen LogP contribution in [0.3, 0.4) is 0 Å². The maximum Gasteiger partial charge on any atom is 0.335 e. The highest BCUT2D eigenvalue weighted by atomic mass is 35.5. The van der Waals surface area contributed by atoms with Crippen LogP contribution in [-0.4, -0.2) is 27.3 Å². The lowest BCUT2D eigenvalue weighted by atomic mass is 9.92. The van der Waals surface area contributed by atoms with Gasteiger partial charge in [-0.3, -0.25) is 4.79 Å². The maximum atomic E-state index is 11.2. The Balaban J connectivity index is 1.52. The zero-order valence-electron chi connectivity index (χ0n) is 23.1. The Bertz CT molecular complexity index is 1540. The SMILES string of the molecule is Cc1onc(-c2c(Cl)cccc2Cl)c1COc1ccccc1/C=C/C(CCCCC(=O)O)Cc1ccc(C(=O)O)cc1. The van der Waals surface area contributed by atoms with Gasteiger partial charge >= 0.3 is 11.9 Å². The maximum absolute atomic E-state index is 11.2. The summed E-state index contributed by atoms with van der Waals surface area (Å²) in [6.45, 7) is 2.00. The van der Waals surface area contributed by atoms with Crippen molar-refractivity contribution in [3.63, 3.8) is 0 Å². The Morgan fingerprint density at radius 1 is 0.976 bits per heavy atom. The minimum atomic E-state index is -0.966. The average molecular weight is 609 g/mol. The number of carbonyl (C=O) groups is 2. The topological polar surface area (TPSA) is 110 Å². The van der Waals surface area contributed by atoms with Gasteiger partial charge in [0.1, 0.15) is 23.8 Å². The van der Waals surface area contributed by atoms with E-state index in [0.29, 0.717) is 45.7 Å². The highest BCUT2D eigenvalue weighted by molar-refractivity contribution is 6.39. The Kier molecular flexibility index (Phi) is 10.8. The number of aromatic nitrogens is 1. The largest absolute Gasteiger partial charge is 0.488 e. The van der Waals surface area contributed by atoms with Crippen molar-refractivity contribution in [2.75, 3.05) is 0 Å². The third kappa shape index (κ3) is 8.24. The Labute approximate surface area is 254 Å². The lowest BCUT2D eigenvalue weighted by Gasteiger charge is -2.14. The summed E-state index contributed by atoms with van der Waals surface area (Å²) in [5.41, 5.74) is 3.98. The first kappa shape index (κ1) is 30.9. The van der Waals surface area contributed by atoms with E-state index >= 15 is 0 Å². The molecule has 7 nitrogen and oxygen atoms in total. The molecule has 1 aromatic heterocycles. The molecular formula is C33H31Cl2NO6. The van der Waals surface area contributed by atoms with Crippen LogP contribution < -0.4 is 4.74 Å². The van der Waals surface area contributed by atoms with E-state index in [-0.39, 0.29) is 24.5 Å². The summed E-state index contributed by atoms with van der Waals surface area (Å²) in [6.07, 6.45) is 7.07. The van der Waals surface area contributed by atoms with Crippen LogP contribution >= 0.6 is 23.2 Å². The van der Waals surface area contributed by atoms with E-state index in [4.69, 9.17) is 37.6 Å². The number of carboxylic acid groups (broad SMARTS) is 2. The minimum Gasteiger partial charge on any atom is -0.488 e. The molecule has 1 heterocycles. The van der Waals surface area contributed by atoms with Crippen LogP contribution in [0.2, 0.25) is 10.0 Å². The molecule has 1 atom stereocenters. The highest BCUT2D eigenvalue weighted by Crippen LogP contribution is 2.37. The standard InChI is InChI=1S/C33H31Cl2NO6/c1-21-26(32(36-42-21)31-27(34)9-6-10-28(31)35)20-41-29-11-4-3-8-24(29)16-13-22(7-2-5-12-30(37)38)19-23-14-17-25(18-15-23)33(39)40/h3-4,6,8-11,13-18,22H,2,5,7,12,19-20H2,1H3,(H,37,38)(H,39,40)/b16-13+. The molecule has 42 heavy (non-hydrogen) atoms. The zero-order chi connectivity index (χ0) is 30.1. The Hall–Kier alpha value is -4.07. The van der Waals surface area contributed by atoms with E-state index in [1.165, 1.54) is 0 Å². The number of allylic oxidation sites excluding steroid dienone is 1. The molecule has 0 bridgehead atoms. The third-order valence-electron chi connectivity index (χ3n) is 6.94. The monoisotopic (exact) mass is 607 g/mol. The molecule has 9 heteroatoms. The summed E-state index contributed by atoms with van der Waals surface area (Å²) >= 11 is 12.9. The van der Waals surface area contributed by atoms with Crippen LogP contribution in [0.4, 0.5) is 0 Å². The molecule has 218 valence electrons. The summed E-state index contributed by atoms with van der Waals surface area (Å²) in [4.78, 5) is 22.2. The molecule has 0 aliphatic heterocycles. The number of aryl methyl sites for hydroxylation is 1. The average Bonchev–Trinajstić information content (AvgIpc) is 3.32. The number of hydrogen-bond donors (Lipinski definition) is 2. The van der Waals surface area contributed by atoms with Gasteiger partial charge in [-0.2, -0.15) is 0 Å². The summed E-state index contributed by atoms with van der Waals surface area (Å²) in [5, 5.41) is 23.3. The molecule has 4 rings (SSSR count). The molecule has 1 unspecified atom stereocenters. The highest BCUT2D eigenvalue weighted by Gasteiger charge is 2.20. The van der Waals surface area contributed by atoms with Gasteiger partial charge < -0.3 is 19.5 Å². The lowest BCUT2D eigenvalue weighted by molar-refractivity contribution is -0.137. The number of para-hydroxylation sites is 1. The van der Waals surface area contributed by atoms with Crippen molar-refractivity contribution in [2.24, 2.45) is 5.92 Å². The van der Waals surface area contributed by atoms with Crippen LogP contribution in [-0.2, 0) is 17.8 Å². The van der Waals surface area contributed by atoms with E-state index < -0.39 is 11.9 Å². The van der Waals surface area contributed by atoms with Crippen LogP contribution in [0.1, 0.15) is 58.5 Å². The fraction of sp³-hybridized carbons (Fsp3) is 0.242. The molecule has 0 aliphatic rings. The van der Waals surface area contributed by atoms with Crippen molar-refractivity contribution in [2.45, 2.75) is 45.6 Å². The first-order chi connectivity index (χ1) is 20.2. The zero-order valence-corrected chi connectivity index (χ0v) is 24.6. The number of nitrogens with zero attached hydrogens (tertiary/aromatic N) is 1. The second kappa shape index (κ2) is 14.7. The molecule has 0 spiro atoms. The van der Waals surface area contributed by atoms with Gasteiger partial charge in [0.05, 0.1) is 21.2 Å². The number of hydrogen-bond acceptors (Lipinski definition) is 5. The van der Waals surface area contributed by atoms with Crippen molar-refractivity contribution in [1.29, 1.82) is 0 Å². The molecule has 0 fully saturated rings. The quantitative estimate of drug-likeness (QED) is 0.138. The first-order valence-electron chi connectivity index (χ1n) is 13.6. The summed E-state index contributed by atoms with van der Waals surface area (Å²) in [7, 11) is 0. The van der Waals surface area contributed by atoms with Crippen LogP contribution in [0.5, 0.6) is 5.75 Å². The molecule has 2 N–H and O–H groups in total. The van der Waals surface area contributed by atoms with Gasteiger partial charge in [-0.25, -0.2) is 4.79 Å². The number of halogens is 2. The van der Waals surface area contributed by atoms with Crippen molar-refractivity contribution < 1.29 is 29.1 Å². The molecule has 0 aliphatic carbocycles. The predicted octanol–water partition coefficient (Wildman–Crippen LogP) is 8.75. The van der Waals surface area contributed by atoms with Crippen molar-refractivity contribution >= 4 is 41.2 Å². The number of carboxylic acids is 2. The van der Waals surface area contributed by atoms with Crippen LogP contribution in [0.15, 0.2) is 77.3 Å². The molecule has 0 amide bonds. The van der Waals surface area contributed by atoms with Gasteiger partial charge in [0.2, 0.25) is 0 Å². The van der Waals surface area contributed by atoms with Gasteiger partial charge in [0, 0.05) is 17.5 Å². The van der Waals surface area contributed by atoms with Crippen molar-refractivity contribution in [1.82, 2.24) is 5.16 Å². The number of unbranched alkanes of at least 4 members (excludes halogenated alkanes) is 1. The van der Waals surface area contributed by atoms with Crippen LogP contribution in [0, 0.1) is 12.8 Å². The van der Waals surface area contributed by atoms with Gasteiger partial charge in [-0.15, -0.1) is 0 Å². The Morgan fingerprint density at radius 2 is 1.69 bits per heavy atom. The predicted molar refractivity (Wildman–Crippen MR) is 163 cm³/mol. The van der Waals surface area contributed by atoms with E-state index in [1.54, 1.807) is 30.3 Å². The van der Waals surface area contributed by atoms with E-state index in [0.717, 1.165) is 29.5 Å². The molecule has 3 aromatic carbocycles. The van der Waals surface area contributed by atoms with Crippen molar-refractivity contribution in [3.05, 3.63) is 111 Å². The third-order valence-corrected chi connectivity index (χ3v) is 7.57. The summed E-state index contributed by atoms with van der Waals surface area (Å²) < 4.78 is 11.7. The van der Waals surface area contributed by atoms with E-state index in [9.17, 15) is 14.7 Å². The van der Waals surface area contributed by atoms with E-state index in [2.05, 4.69) is 11.2 Å². The molecule has 0 radical (unpaired) electrons. The number of aromatic carboxylic acids is 1. The number of aliphatic carboxylic acids is 1. The second-order valence-electron chi connectivity index (χ2n) is 9.95. The van der Waals surface area contributed by atoms with Gasteiger partial charge in [0.15, 0.2) is 0 Å². The van der Waals surface area contributed by atoms with Gasteiger partial charge in [-0.1, -0.05) is 83.3 Å². The normalized spacial score (nSPS) is 12.0. The second-order valence-corrected chi connectivity index (χ2v) is 10.8. The lowest BCUT2D eigenvalue weighted by Crippen LogP contribution is -2.04. The number of benzene rings is 3. The number of rotatable bonds is 14. The van der Waals surface area contributed by atoms with E-state index in [1.807, 2.05) is 49.4 Å². The number of ether oxygens (including phenoxy) is 1. The molecule has 4 aromatic rings. The van der Waals surface area contributed by atoms with Crippen molar-refractivity contribution in [3.8, 4) is 17.0 Å². The van der Waals surface area contributed by atoms with Gasteiger partial charge in [-0.05, 0) is 68.0 Å². The fourth-order valence-corrected chi connectivity index (χ4v) is 5.23. The molecular weight excluding hydrogens is 577 g/mol. The summed E-state index contributed by atoms with van der Waals surface area (Å²) in [6, 6.07) is 19.8. The van der Waals surface area contributed by atoms with Crippen LogP contribution in [0.25, 0.3) is 17.3 Å². The van der Waals surface area contributed by atoms with Gasteiger partial charge in [0.25, 0.3) is 0 Å². The molecule has 0 saturated heterocycles.